The van der Waals surface area contributed by atoms with Crippen molar-refractivity contribution in [2.75, 3.05) is 7.11 Å². The number of hydrogen-bond donors (Lipinski definition) is 1. The predicted octanol–water partition coefficient (Wildman–Crippen LogP) is 6.56. The first-order valence-electron chi connectivity index (χ1n) is 9.22. The van der Waals surface area contributed by atoms with Crippen LogP contribution >= 0.6 is 0 Å². The molecule has 0 unspecified atom stereocenters. The van der Waals surface area contributed by atoms with Crippen LogP contribution in [0.5, 0.6) is 11.5 Å². The maximum absolute atomic E-state index is 10.6. The van der Waals surface area contributed by atoms with Crippen molar-refractivity contribution in [1.29, 1.82) is 0 Å². The van der Waals surface area contributed by atoms with Crippen LogP contribution in [0.15, 0.2) is 16.1 Å². The van der Waals surface area contributed by atoms with E-state index >= 15 is 0 Å². The number of methoxy groups -OCH3 is 1. The van der Waals surface area contributed by atoms with E-state index in [4.69, 9.17) is 9.15 Å². The molecule has 1 aliphatic rings. The van der Waals surface area contributed by atoms with E-state index in [9.17, 15) is 5.11 Å². The van der Waals surface area contributed by atoms with Gasteiger partial charge in [0.15, 0.2) is 11.5 Å². The summed E-state index contributed by atoms with van der Waals surface area (Å²) in [6, 6.07) is 2.11. The smallest absolute Gasteiger partial charge is 0.167 e. The second kappa shape index (κ2) is 6.12. The maximum atomic E-state index is 10.6. The summed E-state index contributed by atoms with van der Waals surface area (Å²) in [5, 5.41) is 11.6. The third-order valence-corrected chi connectivity index (χ3v) is 5.68. The molecule has 1 aromatic carbocycles. The summed E-state index contributed by atoms with van der Waals surface area (Å²) < 4.78 is 12.0. The van der Waals surface area contributed by atoms with Crippen LogP contribution in [0, 0.1) is 12.3 Å². The van der Waals surface area contributed by atoms with Gasteiger partial charge < -0.3 is 14.3 Å². The number of allylic oxidation sites excluding steroid dienone is 2. The molecule has 0 atom stereocenters. The lowest BCUT2D eigenvalue weighted by Crippen LogP contribution is -2.18. The van der Waals surface area contributed by atoms with Crippen molar-refractivity contribution in [3.8, 4) is 11.5 Å². The minimum atomic E-state index is 0.105. The lowest BCUT2D eigenvalue weighted by molar-refractivity contribution is 0.365. The van der Waals surface area contributed by atoms with Gasteiger partial charge in [0.05, 0.1) is 7.11 Å². The van der Waals surface area contributed by atoms with Gasteiger partial charge in [-0.15, -0.1) is 0 Å². The van der Waals surface area contributed by atoms with Crippen LogP contribution in [0.2, 0.25) is 0 Å². The lowest BCUT2D eigenvalue weighted by atomic mass is 9.72. The molecule has 3 rings (SSSR count). The van der Waals surface area contributed by atoms with Crippen LogP contribution in [0.25, 0.3) is 16.5 Å². The molecule has 0 fully saturated rings. The van der Waals surface area contributed by atoms with E-state index in [2.05, 4.69) is 40.7 Å². The van der Waals surface area contributed by atoms with Crippen LogP contribution in [-0.2, 0) is 0 Å². The van der Waals surface area contributed by atoms with E-state index in [1.54, 1.807) is 7.11 Å². The van der Waals surface area contributed by atoms with Crippen molar-refractivity contribution in [1.82, 2.24) is 0 Å². The van der Waals surface area contributed by atoms with E-state index in [0.717, 1.165) is 34.3 Å². The summed E-state index contributed by atoms with van der Waals surface area (Å²) in [6.45, 7) is 12.9. The second-order valence-corrected chi connectivity index (χ2v) is 8.32. The fourth-order valence-corrected chi connectivity index (χ4v) is 4.42. The van der Waals surface area contributed by atoms with Crippen molar-refractivity contribution in [2.24, 2.45) is 5.41 Å². The zero-order valence-electron chi connectivity index (χ0n) is 16.5. The molecule has 3 heteroatoms. The minimum absolute atomic E-state index is 0.105. The molecule has 2 aromatic rings. The first kappa shape index (κ1) is 17.9. The Kier molecular flexibility index (Phi) is 4.38. The zero-order valence-corrected chi connectivity index (χ0v) is 16.5. The summed E-state index contributed by atoms with van der Waals surface area (Å²) in [7, 11) is 1.60. The highest BCUT2D eigenvalue weighted by atomic mass is 16.5. The van der Waals surface area contributed by atoms with Gasteiger partial charge in [-0.1, -0.05) is 33.3 Å². The Morgan fingerprint density at radius 2 is 1.92 bits per heavy atom. The molecule has 0 radical (unpaired) electrons. The van der Waals surface area contributed by atoms with Gasteiger partial charge >= 0.3 is 0 Å². The van der Waals surface area contributed by atoms with Crippen molar-refractivity contribution in [3.05, 3.63) is 28.5 Å². The van der Waals surface area contributed by atoms with Crippen LogP contribution in [0.1, 0.15) is 76.7 Å². The van der Waals surface area contributed by atoms with Gasteiger partial charge in [-0.3, -0.25) is 0 Å². The zero-order chi connectivity index (χ0) is 18.5. The fourth-order valence-electron chi connectivity index (χ4n) is 4.42. The number of benzene rings is 1. The number of hydrogen-bond acceptors (Lipinski definition) is 3. The molecular formula is C22H30O3. The predicted molar refractivity (Wildman–Crippen MR) is 103 cm³/mol. The number of phenolic OH excluding ortho intramolecular Hbond substituents is 1. The number of aromatic hydroxyl groups is 1. The SMILES string of the molecule is COc1c(O)c(C)c2cc(C3=C(C)CCCC3(C)C)oc2c1C(C)C. The summed E-state index contributed by atoms with van der Waals surface area (Å²) in [4.78, 5) is 0. The Hall–Kier alpha value is -1.90. The van der Waals surface area contributed by atoms with Gasteiger partial charge in [0.25, 0.3) is 0 Å². The van der Waals surface area contributed by atoms with Gasteiger partial charge in [0.1, 0.15) is 11.3 Å². The number of ether oxygens (including phenoxy) is 1. The van der Waals surface area contributed by atoms with E-state index in [0.29, 0.717) is 5.75 Å². The van der Waals surface area contributed by atoms with Crippen LogP contribution in [0.4, 0.5) is 0 Å². The van der Waals surface area contributed by atoms with Gasteiger partial charge in [-0.2, -0.15) is 0 Å². The average Bonchev–Trinajstić information content (AvgIpc) is 2.93. The molecule has 0 saturated carbocycles. The monoisotopic (exact) mass is 342 g/mol. The second-order valence-electron chi connectivity index (χ2n) is 8.32. The average molecular weight is 342 g/mol. The molecule has 25 heavy (non-hydrogen) atoms. The van der Waals surface area contributed by atoms with E-state index in [1.165, 1.54) is 24.0 Å². The summed E-state index contributed by atoms with van der Waals surface area (Å²) in [5.41, 5.74) is 5.45. The number of furan rings is 1. The van der Waals surface area contributed by atoms with Crippen molar-refractivity contribution < 1.29 is 14.3 Å². The highest BCUT2D eigenvalue weighted by molar-refractivity contribution is 5.92. The van der Waals surface area contributed by atoms with E-state index in [-0.39, 0.29) is 17.1 Å². The normalized spacial score (nSPS) is 17.6. The third-order valence-electron chi connectivity index (χ3n) is 5.68. The first-order chi connectivity index (χ1) is 11.7. The molecular weight excluding hydrogens is 312 g/mol. The van der Waals surface area contributed by atoms with E-state index < -0.39 is 0 Å². The molecule has 1 aromatic heterocycles. The topological polar surface area (TPSA) is 42.6 Å². The van der Waals surface area contributed by atoms with Crippen molar-refractivity contribution in [3.63, 3.8) is 0 Å². The lowest BCUT2D eigenvalue weighted by Gasteiger charge is -2.33. The largest absolute Gasteiger partial charge is 0.504 e. The Morgan fingerprint density at radius 3 is 2.48 bits per heavy atom. The van der Waals surface area contributed by atoms with E-state index in [1.807, 2.05) is 6.92 Å². The minimum Gasteiger partial charge on any atom is -0.504 e. The molecule has 1 heterocycles. The van der Waals surface area contributed by atoms with Crippen LogP contribution < -0.4 is 4.74 Å². The standard InChI is InChI=1S/C22H30O3/c1-12(2)17-20-15(14(4)19(23)21(17)24-7)11-16(25-20)18-13(3)9-8-10-22(18,5)6/h11-12,23H,8-10H2,1-7H3. The number of rotatable bonds is 3. The number of phenols is 1. The van der Waals surface area contributed by atoms with Crippen LogP contribution in [0.3, 0.4) is 0 Å². The molecule has 0 bridgehead atoms. The molecule has 0 amide bonds. The molecule has 0 aliphatic heterocycles. The quantitative estimate of drug-likeness (QED) is 0.686. The van der Waals surface area contributed by atoms with Gasteiger partial charge in [-0.05, 0) is 56.1 Å². The fraction of sp³-hybridized carbons (Fsp3) is 0.545. The molecule has 3 nitrogen and oxygen atoms in total. The molecule has 0 spiro atoms. The maximum Gasteiger partial charge on any atom is 0.167 e. The summed E-state index contributed by atoms with van der Waals surface area (Å²) in [5.74, 6) is 1.89. The number of aryl methyl sites for hydroxylation is 1. The van der Waals surface area contributed by atoms with Gasteiger partial charge in [-0.25, -0.2) is 0 Å². The van der Waals surface area contributed by atoms with Gasteiger partial charge in [0.2, 0.25) is 0 Å². The summed E-state index contributed by atoms with van der Waals surface area (Å²) >= 11 is 0. The van der Waals surface area contributed by atoms with Gasteiger partial charge in [0, 0.05) is 16.5 Å². The molecule has 1 N–H and O–H groups in total. The first-order valence-corrected chi connectivity index (χ1v) is 9.22. The van der Waals surface area contributed by atoms with Crippen molar-refractivity contribution >= 4 is 16.5 Å². The van der Waals surface area contributed by atoms with Crippen molar-refractivity contribution in [2.45, 2.75) is 66.7 Å². The Bertz CT molecular complexity index is 850. The molecule has 136 valence electrons. The number of fused-ring (bicyclic) bond motifs is 1. The molecule has 1 aliphatic carbocycles. The highest BCUT2D eigenvalue weighted by Crippen LogP contribution is 2.50. The Morgan fingerprint density at radius 1 is 1.24 bits per heavy atom. The Labute approximate surface area is 150 Å². The summed E-state index contributed by atoms with van der Waals surface area (Å²) in [6.07, 6.45) is 3.52. The van der Waals surface area contributed by atoms with Crippen LogP contribution in [-0.4, -0.2) is 12.2 Å². The highest BCUT2D eigenvalue weighted by Gasteiger charge is 2.33. The molecule has 0 saturated heterocycles. The Balaban J connectivity index is 2.35. The third kappa shape index (κ3) is 2.74.